The van der Waals surface area contributed by atoms with Crippen LogP contribution in [0.2, 0.25) is 0 Å². The largest absolute Gasteiger partial charge is 0.272 e. The number of hydrogen-bond donors (Lipinski definition) is 0. The molecule has 1 amide bonds. The zero-order valence-electron chi connectivity index (χ0n) is 11.8. The van der Waals surface area contributed by atoms with Gasteiger partial charge in [0.1, 0.15) is 5.82 Å². The van der Waals surface area contributed by atoms with Crippen molar-refractivity contribution in [2.45, 2.75) is 5.16 Å². The summed E-state index contributed by atoms with van der Waals surface area (Å²) in [5.74, 6) is 0.671. The van der Waals surface area contributed by atoms with Gasteiger partial charge in [-0.3, -0.25) is 4.79 Å². The van der Waals surface area contributed by atoms with Gasteiger partial charge in [0.2, 0.25) is 5.16 Å². The van der Waals surface area contributed by atoms with Crippen molar-refractivity contribution < 1.29 is 9.18 Å². The van der Waals surface area contributed by atoms with Gasteiger partial charge < -0.3 is 0 Å². The summed E-state index contributed by atoms with van der Waals surface area (Å²) in [7, 11) is 0. The molecule has 2 aromatic heterocycles. The Labute approximate surface area is 139 Å². The van der Waals surface area contributed by atoms with Gasteiger partial charge in [-0.25, -0.2) is 14.1 Å². The molecule has 0 bridgehead atoms. The zero-order chi connectivity index (χ0) is 15.8. The fraction of sp³-hybridized carbons (Fsp3) is 0.133. The van der Waals surface area contributed by atoms with Crippen molar-refractivity contribution >= 4 is 29.0 Å². The van der Waals surface area contributed by atoms with Crippen molar-refractivity contribution in [3.63, 3.8) is 0 Å². The molecule has 0 fully saturated rings. The number of aromatic nitrogens is 3. The normalized spacial score (nSPS) is 13.9. The van der Waals surface area contributed by atoms with E-state index in [4.69, 9.17) is 0 Å². The van der Waals surface area contributed by atoms with Crippen molar-refractivity contribution in [1.29, 1.82) is 0 Å². The number of hydrogen-bond acceptors (Lipinski definition) is 5. The van der Waals surface area contributed by atoms with Crippen LogP contribution < -0.4 is 5.01 Å². The highest BCUT2D eigenvalue weighted by Crippen LogP contribution is 2.30. The average Bonchev–Trinajstić information content (AvgIpc) is 3.22. The maximum Gasteiger partial charge on any atom is 0.272 e. The Kier molecular flexibility index (Phi) is 3.62. The van der Waals surface area contributed by atoms with Crippen LogP contribution in [0, 0.1) is 5.82 Å². The van der Waals surface area contributed by atoms with E-state index in [0.29, 0.717) is 23.1 Å². The molecule has 0 aliphatic carbocycles. The molecule has 23 heavy (non-hydrogen) atoms. The molecular weight excluding hydrogens is 335 g/mol. The average molecular weight is 346 g/mol. The third kappa shape index (κ3) is 2.53. The number of thiophene rings is 1. The van der Waals surface area contributed by atoms with Crippen LogP contribution in [-0.2, 0) is 0 Å². The third-order valence-electron chi connectivity index (χ3n) is 3.44. The molecule has 0 N–H and O–H groups in total. The van der Waals surface area contributed by atoms with E-state index >= 15 is 0 Å². The molecule has 0 spiro atoms. The minimum atomic E-state index is -0.426. The molecule has 116 valence electrons. The van der Waals surface area contributed by atoms with Crippen LogP contribution in [0.15, 0.2) is 46.9 Å². The number of halogens is 1. The summed E-state index contributed by atoms with van der Waals surface area (Å²) in [6.07, 6.45) is 0. The molecule has 3 aromatic rings. The van der Waals surface area contributed by atoms with Crippen molar-refractivity contribution in [3.05, 3.63) is 53.2 Å². The Bertz CT molecular complexity index is 862. The van der Waals surface area contributed by atoms with Crippen molar-refractivity contribution in [2.24, 2.45) is 0 Å². The first-order valence-corrected chi connectivity index (χ1v) is 8.80. The van der Waals surface area contributed by atoms with Gasteiger partial charge in [-0.05, 0) is 29.6 Å². The summed E-state index contributed by atoms with van der Waals surface area (Å²) in [6, 6.07) is 9.59. The molecule has 0 radical (unpaired) electrons. The second kappa shape index (κ2) is 5.78. The highest BCUT2D eigenvalue weighted by molar-refractivity contribution is 7.99. The molecule has 8 heteroatoms. The van der Waals surface area contributed by atoms with Gasteiger partial charge in [-0.15, -0.1) is 21.5 Å². The smallest absolute Gasteiger partial charge is 0.267 e. The lowest BCUT2D eigenvalue weighted by Crippen LogP contribution is -2.45. The van der Waals surface area contributed by atoms with Crippen LogP contribution in [0.3, 0.4) is 0 Å². The number of amides is 1. The van der Waals surface area contributed by atoms with E-state index in [9.17, 15) is 9.18 Å². The Morgan fingerprint density at radius 2 is 2.13 bits per heavy atom. The van der Waals surface area contributed by atoms with Crippen LogP contribution in [-0.4, -0.2) is 33.1 Å². The van der Waals surface area contributed by atoms with E-state index in [2.05, 4.69) is 10.2 Å². The summed E-state index contributed by atoms with van der Waals surface area (Å²) in [5, 5.41) is 12.6. The number of carbonyl (C=O) groups excluding carboxylic acids is 1. The Morgan fingerprint density at radius 3 is 2.91 bits per heavy atom. The minimum Gasteiger partial charge on any atom is -0.267 e. The fourth-order valence-corrected chi connectivity index (χ4v) is 3.97. The highest BCUT2D eigenvalue weighted by Gasteiger charge is 2.29. The number of fused-ring (bicyclic) bond motifs is 1. The standard InChI is InChI=1S/C15H11FN4OS2/c16-11-4-1-3-10(9-11)14(21)19-6-8-23-15-18-17-13(20(15)19)12-5-2-7-22-12/h1-5,7,9H,6,8H2. The maximum atomic E-state index is 13.4. The topological polar surface area (TPSA) is 51.0 Å². The summed E-state index contributed by atoms with van der Waals surface area (Å²) < 4.78 is 15.2. The lowest BCUT2D eigenvalue weighted by Gasteiger charge is -2.29. The van der Waals surface area contributed by atoms with E-state index in [0.717, 1.165) is 10.6 Å². The van der Waals surface area contributed by atoms with E-state index in [-0.39, 0.29) is 5.91 Å². The van der Waals surface area contributed by atoms with E-state index < -0.39 is 5.82 Å². The number of carbonyl (C=O) groups is 1. The van der Waals surface area contributed by atoms with Crippen LogP contribution in [0.1, 0.15) is 10.4 Å². The molecule has 0 saturated carbocycles. The van der Waals surface area contributed by atoms with Crippen molar-refractivity contribution in [2.75, 3.05) is 17.3 Å². The summed E-state index contributed by atoms with van der Waals surface area (Å²) in [6.45, 7) is 0.517. The van der Waals surface area contributed by atoms with Crippen LogP contribution in [0.4, 0.5) is 4.39 Å². The van der Waals surface area contributed by atoms with Gasteiger partial charge >= 0.3 is 0 Å². The summed E-state index contributed by atoms with van der Waals surface area (Å²) in [4.78, 5) is 13.7. The molecule has 3 heterocycles. The molecule has 1 aromatic carbocycles. The lowest BCUT2D eigenvalue weighted by molar-refractivity contribution is 0.0956. The van der Waals surface area contributed by atoms with Gasteiger partial charge in [-0.2, -0.15) is 0 Å². The number of benzene rings is 1. The van der Waals surface area contributed by atoms with E-state index in [1.165, 1.54) is 29.5 Å². The zero-order valence-corrected chi connectivity index (χ0v) is 13.5. The predicted molar refractivity (Wildman–Crippen MR) is 87.9 cm³/mol. The van der Waals surface area contributed by atoms with Crippen molar-refractivity contribution in [3.8, 4) is 10.7 Å². The fourth-order valence-electron chi connectivity index (χ4n) is 2.42. The van der Waals surface area contributed by atoms with Gasteiger partial charge in [0.05, 0.1) is 11.4 Å². The molecular formula is C15H11FN4OS2. The lowest BCUT2D eigenvalue weighted by atomic mass is 10.2. The first kappa shape index (κ1) is 14.4. The third-order valence-corrected chi connectivity index (χ3v) is 5.20. The Hall–Kier alpha value is -2.19. The first-order valence-electron chi connectivity index (χ1n) is 6.94. The molecule has 4 rings (SSSR count). The molecule has 1 aliphatic rings. The molecule has 0 atom stereocenters. The minimum absolute atomic E-state index is 0.261. The number of rotatable bonds is 2. The molecule has 5 nitrogen and oxygen atoms in total. The van der Waals surface area contributed by atoms with Gasteiger partial charge in [-0.1, -0.05) is 23.9 Å². The second-order valence-corrected chi connectivity index (χ2v) is 6.89. The van der Waals surface area contributed by atoms with Crippen LogP contribution >= 0.6 is 23.1 Å². The quantitative estimate of drug-likeness (QED) is 0.716. The summed E-state index contributed by atoms with van der Waals surface area (Å²) in [5.41, 5.74) is 0.314. The van der Waals surface area contributed by atoms with E-state index in [1.807, 2.05) is 17.5 Å². The number of nitrogens with zero attached hydrogens (tertiary/aromatic N) is 4. The first-order chi connectivity index (χ1) is 11.2. The van der Waals surface area contributed by atoms with Gasteiger partial charge in [0.15, 0.2) is 5.82 Å². The predicted octanol–water partition coefficient (Wildman–Crippen LogP) is 3.03. The van der Waals surface area contributed by atoms with Crippen LogP contribution in [0.25, 0.3) is 10.7 Å². The second-order valence-electron chi connectivity index (χ2n) is 4.88. The highest BCUT2D eigenvalue weighted by atomic mass is 32.2. The molecule has 0 unspecified atom stereocenters. The van der Waals surface area contributed by atoms with Gasteiger partial charge in [0, 0.05) is 11.3 Å². The Morgan fingerprint density at radius 1 is 1.22 bits per heavy atom. The number of thioether (sulfide) groups is 1. The van der Waals surface area contributed by atoms with E-state index in [1.54, 1.807) is 27.5 Å². The maximum absolute atomic E-state index is 13.4. The Balaban J connectivity index is 1.78. The summed E-state index contributed by atoms with van der Waals surface area (Å²) >= 11 is 3.09. The molecule has 1 aliphatic heterocycles. The molecule has 0 saturated heterocycles. The SMILES string of the molecule is O=C(c1cccc(F)c1)N1CCSc2nnc(-c3cccs3)n21. The van der Waals surface area contributed by atoms with Gasteiger partial charge in [0.25, 0.3) is 5.91 Å². The van der Waals surface area contributed by atoms with Crippen LogP contribution in [0.5, 0.6) is 0 Å². The monoisotopic (exact) mass is 346 g/mol. The van der Waals surface area contributed by atoms with Crippen molar-refractivity contribution in [1.82, 2.24) is 14.9 Å².